The molecule has 1 atom stereocenters. The Balaban J connectivity index is 1.48. The summed E-state index contributed by atoms with van der Waals surface area (Å²) in [6.07, 6.45) is 5.53. The summed E-state index contributed by atoms with van der Waals surface area (Å²) in [6.45, 7) is 5.91. The van der Waals surface area contributed by atoms with Crippen LogP contribution in [0.4, 0.5) is 0 Å². The van der Waals surface area contributed by atoms with E-state index < -0.39 is 0 Å². The molecule has 1 fully saturated rings. The minimum atomic E-state index is -0.172. The first-order valence-corrected chi connectivity index (χ1v) is 12.0. The number of carbonyl (C=O) groups excluding carboxylic acids is 1. The predicted octanol–water partition coefficient (Wildman–Crippen LogP) is 4.83. The molecule has 0 bridgehead atoms. The largest absolute Gasteiger partial charge is 0.344 e. The van der Waals surface area contributed by atoms with Gasteiger partial charge in [-0.1, -0.05) is 6.07 Å². The molecule has 9 heteroatoms. The Kier molecular flexibility index (Phi) is 5.15. The van der Waals surface area contributed by atoms with Crippen LogP contribution < -0.4 is 5.32 Å². The van der Waals surface area contributed by atoms with E-state index in [0.717, 1.165) is 45.4 Å². The standard InChI is InChI=1S/C22H22N6OS2/c1-12-9-23-22(27-19(12)18-5-4-8-30-18)28-20(15-6-7-15)16(10-24-28)21(29)25-13(2)17-11-31-14(3)26-17/h4-5,8-11,13,15H,6-7H2,1-3H3,(H,25,29). The van der Waals surface area contributed by atoms with E-state index in [9.17, 15) is 4.79 Å². The van der Waals surface area contributed by atoms with Crippen LogP contribution in [0.1, 0.15) is 64.0 Å². The van der Waals surface area contributed by atoms with Crippen molar-refractivity contribution in [3.8, 4) is 16.5 Å². The average Bonchev–Trinajstić information content (AvgIpc) is 3.14. The van der Waals surface area contributed by atoms with Gasteiger partial charge in [-0.15, -0.1) is 22.7 Å². The van der Waals surface area contributed by atoms with Crippen molar-refractivity contribution in [2.24, 2.45) is 0 Å². The summed E-state index contributed by atoms with van der Waals surface area (Å²) in [7, 11) is 0. The summed E-state index contributed by atoms with van der Waals surface area (Å²) in [6, 6.07) is 3.89. The number of hydrogen-bond donors (Lipinski definition) is 1. The van der Waals surface area contributed by atoms with Crippen molar-refractivity contribution in [3.05, 3.63) is 62.8 Å². The molecule has 0 spiro atoms. The number of aromatic nitrogens is 5. The number of hydrogen-bond acceptors (Lipinski definition) is 7. The van der Waals surface area contributed by atoms with Crippen molar-refractivity contribution in [1.29, 1.82) is 0 Å². The highest BCUT2D eigenvalue weighted by Crippen LogP contribution is 2.42. The lowest BCUT2D eigenvalue weighted by Gasteiger charge is -2.13. The molecule has 1 aliphatic carbocycles. The summed E-state index contributed by atoms with van der Waals surface area (Å²) in [4.78, 5) is 28.0. The van der Waals surface area contributed by atoms with E-state index in [1.165, 1.54) is 0 Å². The third kappa shape index (κ3) is 3.90. The number of thiophene rings is 1. The Bertz CT molecular complexity index is 1240. The quantitative estimate of drug-likeness (QED) is 0.455. The van der Waals surface area contributed by atoms with Crippen LogP contribution in [0.5, 0.6) is 0 Å². The molecule has 4 aromatic rings. The minimum Gasteiger partial charge on any atom is -0.344 e. The third-order valence-corrected chi connectivity index (χ3v) is 7.01. The molecule has 0 saturated heterocycles. The second-order valence-electron chi connectivity index (χ2n) is 7.80. The van der Waals surface area contributed by atoms with Crippen LogP contribution in [0.3, 0.4) is 0 Å². The Labute approximate surface area is 188 Å². The SMILES string of the molecule is Cc1nc(C(C)NC(=O)c2cnn(-c3ncc(C)c(-c4cccs4)n3)c2C2CC2)cs1. The summed E-state index contributed by atoms with van der Waals surface area (Å²) < 4.78 is 1.74. The van der Waals surface area contributed by atoms with Gasteiger partial charge in [0.05, 0.1) is 44.8 Å². The van der Waals surface area contributed by atoms with Crippen LogP contribution in [-0.2, 0) is 0 Å². The van der Waals surface area contributed by atoms with Crippen LogP contribution in [0.2, 0.25) is 0 Å². The molecule has 4 heterocycles. The van der Waals surface area contributed by atoms with Crippen molar-refractivity contribution in [1.82, 2.24) is 30.0 Å². The topological polar surface area (TPSA) is 85.6 Å². The molecular formula is C22H22N6OS2. The zero-order valence-corrected chi connectivity index (χ0v) is 19.1. The molecular weight excluding hydrogens is 428 g/mol. The number of nitrogens with one attached hydrogen (secondary N) is 1. The first-order valence-electron chi connectivity index (χ1n) is 10.2. The van der Waals surface area contributed by atoms with Gasteiger partial charge in [-0.25, -0.2) is 19.6 Å². The Morgan fingerprint density at radius 2 is 2.06 bits per heavy atom. The number of nitrogens with zero attached hydrogens (tertiary/aromatic N) is 5. The molecule has 1 N–H and O–H groups in total. The maximum Gasteiger partial charge on any atom is 0.255 e. The van der Waals surface area contributed by atoms with Crippen molar-refractivity contribution in [2.75, 3.05) is 0 Å². The van der Waals surface area contributed by atoms with Gasteiger partial charge >= 0.3 is 0 Å². The van der Waals surface area contributed by atoms with Crippen LogP contribution in [0, 0.1) is 13.8 Å². The fourth-order valence-electron chi connectivity index (χ4n) is 3.57. The van der Waals surface area contributed by atoms with Crippen molar-refractivity contribution in [3.63, 3.8) is 0 Å². The lowest BCUT2D eigenvalue weighted by Crippen LogP contribution is -2.27. The number of amides is 1. The molecule has 5 rings (SSSR count). The highest BCUT2D eigenvalue weighted by molar-refractivity contribution is 7.13. The minimum absolute atomic E-state index is 0.142. The summed E-state index contributed by atoms with van der Waals surface area (Å²) >= 11 is 3.23. The Hall–Kier alpha value is -2.91. The lowest BCUT2D eigenvalue weighted by atomic mass is 10.1. The maximum atomic E-state index is 13.1. The van der Waals surface area contributed by atoms with Crippen LogP contribution >= 0.6 is 22.7 Å². The van der Waals surface area contributed by atoms with Crippen molar-refractivity contribution < 1.29 is 4.79 Å². The van der Waals surface area contributed by atoms with Crippen molar-refractivity contribution in [2.45, 2.75) is 45.6 Å². The van der Waals surface area contributed by atoms with Gasteiger partial charge in [0, 0.05) is 17.5 Å². The highest BCUT2D eigenvalue weighted by atomic mass is 32.1. The van der Waals surface area contributed by atoms with Crippen molar-refractivity contribution >= 4 is 28.6 Å². The normalized spacial score (nSPS) is 14.5. The zero-order chi connectivity index (χ0) is 21.5. The number of carbonyl (C=O) groups is 1. The van der Waals surface area contributed by atoms with Gasteiger partial charge in [0.25, 0.3) is 11.9 Å². The van der Waals surface area contributed by atoms with E-state index in [0.29, 0.717) is 17.4 Å². The molecule has 1 unspecified atom stereocenters. The van der Waals surface area contributed by atoms with Gasteiger partial charge in [0.15, 0.2) is 0 Å². The molecule has 1 amide bonds. The number of rotatable bonds is 6. The third-order valence-electron chi connectivity index (χ3n) is 5.35. The molecule has 4 aromatic heterocycles. The predicted molar refractivity (Wildman–Crippen MR) is 122 cm³/mol. The molecule has 1 aliphatic rings. The van der Waals surface area contributed by atoms with E-state index in [1.807, 2.05) is 43.8 Å². The maximum absolute atomic E-state index is 13.1. The monoisotopic (exact) mass is 450 g/mol. The molecule has 31 heavy (non-hydrogen) atoms. The van der Waals surface area contributed by atoms with Gasteiger partial charge < -0.3 is 5.32 Å². The molecule has 0 aliphatic heterocycles. The van der Waals surface area contributed by atoms with Gasteiger partial charge in [0.2, 0.25) is 0 Å². The van der Waals surface area contributed by atoms with Crippen LogP contribution in [-0.4, -0.2) is 30.6 Å². The Morgan fingerprint density at radius 1 is 1.23 bits per heavy atom. The summed E-state index contributed by atoms with van der Waals surface area (Å²) in [5, 5.41) is 12.6. The molecule has 0 aromatic carbocycles. The van der Waals surface area contributed by atoms with Gasteiger partial charge in [-0.05, 0) is 50.6 Å². The number of thiazole rings is 1. The molecule has 158 valence electrons. The first kappa shape index (κ1) is 20.0. The second kappa shape index (κ2) is 7.97. The lowest BCUT2D eigenvalue weighted by molar-refractivity contribution is 0.0938. The average molecular weight is 451 g/mol. The van der Waals surface area contributed by atoms with Gasteiger partial charge in [-0.2, -0.15) is 5.10 Å². The van der Waals surface area contributed by atoms with Gasteiger partial charge in [-0.3, -0.25) is 4.79 Å². The second-order valence-corrected chi connectivity index (χ2v) is 9.80. The molecule has 7 nitrogen and oxygen atoms in total. The highest BCUT2D eigenvalue weighted by Gasteiger charge is 2.34. The summed E-state index contributed by atoms with van der Waals surface area (Å²) in [5.41, 5.74) is 4.26. The van der Waals surface area contributed by atoms with Crippen LogP contribution in [0.25, 0.3) is 16.5 Å². The van der Waals surface area contributed by atoms with E-state index in [-0.39, 0.29) is 11.9 Å². The van der Waals surface area contributed by atoms with E-state index in [1.54, 1.807) is 33.6 Å². The van der Waals surface area contributed by atoms with E-state index in [4.69, 9.17) is 4.98 Å². The smallest absolute Gasteiger partial charge is 0.255 e. The van der Waals surface area contributed by atoms with Crippen LogP contribution in [0.15, 0.2) is 35.3 Å². The first-order chi connectivity index (χ1) is 15.0. The zero-order valence-electron chi connectivity index (χ0n) is 17.5. The molecule has 0 radical (unpaired) electrons. The van der Waals surface area contributed by atoms with E-state index >= 15 is 0 Å². The molecule has 1 saturated carbocycles. The summed E-state index contributed by atoms with van der Waals surface area (Å²) in [5.74, 6) is 0.658. The Morgan fingerprint density at radius 3 is 2.74 bits per heavy atom. The fraction of sp³-hybridized carbons (Fsp3) is 0.318. The fourth-order valence-corrected chi connectivity index (χ4v) is 5.05. The van der Waals surface area contributed by atoms with Gasteiger partial charge in [0.1, 0.15) is 0 Å². The van der Waals surface area contributed by atoms with E-state index in [2.05, 4.69) is 26.4 Å². The number of aryl methyl sites for hydroxylation is 2.